The van der Waals surface area contributed by atoms with Gasteiger partial charge in [0, 0.05) is 0 Å². The first-order valence-corrected chi connectivity index (χ1v) is 5.52. The fourth-order valence-corrected chi connectivity index (χ4v) is 1.20. The second-order valence-electron chi connectivity index (χ2n) is 3.96. The third-order valence-corrected chi connectivity index (χ3v) is 2.37. The second kappa shape index (κ2) is 6.55. The number of nitrogens with one attached hydrogen (secondary N) is 2. The highest BCUT2D eigenvalue weighted by atomic mass is 19.3. The summed E-state index contributed by atoms with van der Waals surface area (Å²) < 4.78 is 54.0. The standard InChI is InChI=1S/C11H14F4N2O2/c1-7(17-6-11(14,15)10(12)13)9(18)16-5-8-3-2-4-19-8/h2-4,7,10,17H,5-6H2,1H3,(H,16,18). The molecule has 4 nitrogen and oxygen atoms in total. The molecular formula is C11H14F4N2O2. The van der Waals surface area contributed by atoms with Crippen LogP contribution in [0.2, 0.25) is 0 Å². The first-order valence-electron chi connectivity index (χ1n) is 5.52. The van der Waals surface area contributed by atoms with Gasteiger partial charge < -0.3 is 15.1 Å². The number of halogens is 4. The van der Waals surface area contributed by atoms with Gasteiger partial charge in [-0.2, -0.15) is 8.78 Å². The van der Waals surface area contributed by atoms with Gasteiger partial charge in [-0.3, -0.25) is 4.79 Å². The lowest BCUT2D eigenvalue weighted by Crippen LogP contribution is -2.48. The Hall–Kier alpha value is -1.57. The zero-order valence-electron chi connectivity index (χ0n) is 10.1. The Morgan fingerprint density at radius 3 is 2.68 bits per heavy atom. The molecule has 1 aromatic rings. The molecule has 0 aliphatic carbocycles. The predicted octanol–water partition coefficient (Wildman–Crippen LogP) is 1.77. The highest BCUT2D eigenvalue weighted by Crippen LogP contribution is 2.21. The van der Waals surface area contributed by atoms with E-state index in [1.165, 1.54) is 13.2 Å². The van der Waals surface area contributed by atoms with Crippen LogP contribution in [0, 0.1) is 0 Å². The molecule has 0 aromatic carbocycles. The molecule has 0 spiro atoms. The van der Waals surface area contributed by atoms with Crippen molar-refractivity contribution in [2.75, 3.05) is 6.54 Å². The highest BCUT2D eigenvalue weighted by Gasteiger charge is 2.40. The molecule has 0 radical (unpaired) electrons. The van der Waals surface area contributed by atoms with Gasteiger partial charge in [0.1, 0.15) is 5.76 Å². The Balaban J connectivity index is 2.32. The molecule has 1 aromatic heterocycles. The number of alkyl halides is 4. The monoisotopic (exact) mass is 282 g/mol. The fourth-order valence-electron chi connectivity index (χ4n) is 1.20. The normalized spacial score (nSPS) is 13.6. The molecule has 1 amide bonds. The van der Waals surface area contributed by atoms with Crippen molar-refractivity contribution in [1.82, 2.24) is 10.6 Å². The van der Waals surface area contributed by atoms with Crippen molar-refractivity contribution in [2.24, 2.45) is 0 Å². The summed E-state index contributed by atoms with van der Waals surface area (Å²) in [7, 11) is 0. The molecule has 1 rings (SSSR count). The van der Waals surface area contributed by atoms with E-state index in [0.29, 0.717) is 5.76 Å². The summed E-state index contributed by atoms with van der Waals surface area (Å²) in [6, 6.07) is 2.25. The van der Waals surface area contributed by atoms with Crippen LogP contribution >= 0.6 is 0 Å². The number of hydrogen-bond acceptors (Lipinski definition) is 3. The van der Waals surface area contributed by atoms with Crippen LogP contribution < -0.4 is 10.6 Å². The largest absolute Gasteiger partial charge is 0.467 e. The highest BCUT2D eigenvalue weighted by molar-refractivity contribution is 5.81. The zero-order valence-corrected chi connectivity index (χ0v) is 10.1. The van der Waals surface area contributed by atoms with Crippen LogP contribution in [0.15, 0.2) is 22.8 Å². The number of hydrogen-bond donors (Lipinski definition) is 2. The van der Waals surface area contributed by atoms with E-state index in [9.17, 15) is 22.4 Å². The minimum absolute atomic E-state index is 0.100. The summed E-state index contributed by atoms with van der Waals surface area (Å²) in [6.07, 6.45) is -2.34. The van der Waals surface area contributed by atoms with Crippen LogP contribution in [0.25, 0.3) is 0 Å². The van der Waals surface area contributed by atoms with Gasteiger partial charge in [0.2, 0.25) is 5.91 Å². The molecule has 2 N–H and O–H groups in total. The van der Waals surface area contributed by atoms with Crippen LogP contribution in [0.4, 0.5) is 17.6 Å². The number of rotatable bonds is 7. The van der Waals surface area contributed by atoms with Crippen molar-refractivity contribution in [3.8, 4) is 0 Å². The molecule has 19 heavy (non-hydrogen) atoms. The minimum atomic E-state index is -4.16. The topological polar surface area (TPSA) is 54.3 Å². The summed E-state index contributed by atoms with van der Waals surface area (Å²) in [6.45, 7) is 0.141. The van der Waals surface area contributed by atoms with Crippen molar-refractivity contribution >= 4 is 5.91 Å². The van der Waals surface area contributed by atoms with Gasteiger partial charge in [-0.1, -0.05) is 0 Å². The third-order valence-electron chi connectivity index (χ3n) is 2.37. The minimum Gasteiger partial charge on any atom is -0.467 e. The van der Waals surface area contributed by atoms with Crippen LogP contribution in [-0.2, 0) is 11.3 Å². The number of carbonyl (C=O) groups excluding carboxylic acids is 1. The van der Waals surface area contributed by atoms with Crippen molar-refractivity contribution in [3.05, 3.63) is 24.2 Å². The van der Waals surface area contributed by atoms with E-state index < -0.39 is 30.8 Å². The molecule has 1 atom stereocenters. The van der Waals surface area contributed by atoms with E-state index in [4.69, 9.17) is 4.42 Å². The first-order chi connectivity index (χ1) is 8.83. The quantitative estimate of drug-likeness (QED) is 0.749. The maximum Gasteiger partial charge on any atom is 0.319 e. The Bertz CT molecular complexity index is 395. The fraction of sp³-hybridized carbons (Fsp3) is 0.545. The van der Waals surface area contributed by atoms with Crippen LogP contribution in [0.5, 0.6) is 0 Å². The lowest BCUT2D eigenvalue weighted by molar-refractivity contribution is -0.131. The van der Waals surface area contributed by atoms with Gasteiger partial charge in [-0.15, -0.1) is 0 Å². The molecule has 108 valence electrons. The van der Waals surface area contributed by atoms with Crippen molar-refractivity contribution in [2.45, 2.75) is 31.9 Å². The maximum atomic E-state index is 12.6. The summed E-state index contributed by atoms with van der Waals surface area (Å²) in [5.74, 6) is -4.24. The number of carbonyl (C=O) groups is 1. The molecule has 0 bridgehead atoms. The summed E-state index contributed by atoms with van der Waals surface area (Å²) in [4.78, 5) is 11.5. The van der Waals surface area contributed by atoms with E-state index in [0.717, 1.165) is 0 Å². The van der Waals surface area contributed by atoms with Crippen molar-refractivity contribution < 1.29 is 26.8 Å². The van der Waals surface area contributed by atoms with Crippen LogP contribution in [0.1, 0.15) is 12.7 Å². The van der Waals surface area contributed by atoms with Crippen molar-refractivity contribution in [1.29, 1.82) is 0 Å². The van der Waals surface area contributed by atoms with Gasteiger partial charge in [-0.05, 0) is 19.1 Å². The predicted molar refractivity (Wildman–Crippen MR) is 59.0 cm³/mol. The molecule has 0 aliphatic rings. The Morgan fingerprint density at radius 2 is 2.16 bits per heavy atom. The zero-order chi connectivity index (χ0) is 14.5. The van der Waals surface area contributed by atoms with Gasteiger partial charge in [0.05, 0.1) is 25.4 Å². The van der Waals surface area contributed by atoms with E-state index in [2.05, 4.69) is 10.6 Å². The van der Waals surface area contributed by atoms with E-state index in [-0.39, 0.29) is 6.54 Å². The average Bonchev–Trinajstić information content (AvgIpc) is 2.85. The Labute approximate surface area is 107 Å². The maximum absolute atomic E-state index is 12.6. The lowest BCUT2D eigenvalue weighted by atomic mass is 10.2. The molecule has 0 aliphatic heterocycles. The SMILES string of the molecule is CC(NCC(F)(F)C(F)F)C(=O)NCc1ccco1. The first kappa shape index (κ1) is 15.5. The molecule has 0 fully saturated rings. The van der Waals surface area contributed by atoms with E-state index >= 15 is 0 Å². The van der Waals surface area contributed by atoms with Gasteiger partial charge in [0.25, 0.3) is 0 Å². The van der Waals surface area contributed by atoms with E-state index in [1.54, 1.807) is 12.1 Å². The number of amides is 1. The third kappa shape index (κ3) is 4.90. The smallest absolute Gasteiger partial charge is 0.319 e. The molecule has 8 heteroatoms. The molecule has 0 saturated heterocycles. The van der Waals surface area contributed by atoms with Crippen LogP contribution in [-0.4, -0.2) is 30.8 Å². The second-order valence-corrected chi connectivity index (χ2v) is 3.96. The molecule has 0 saturated carbocycles. The van der Waals surface area contributed by atoms with Gasteiger partial charge in [-0.25, -0.2) is 8.78 Å². The summed E-state index contributed by atoms with van der Waals surface area (Å²) in [5.41, 5.74) is 0. The Morgan fingerprint density at radius 1 is 1.47 bits per heavy atom. The number of furan rings is 1. The van der Waals surface area contributed by atoms with E-state index in [1.807, 2.05) is 0 Å². The molecule has 1 unspecified atom stereocenters. The molecular weight excluding hydrogens is 268 g/mol. The summed E-state index contributed by atoms with van der Waals surface area (Å²) in [5, 5.41) is 4.48. The molecule has 1 heterocycles. The van der Waals surface area contributed by atoms with Gasteiger partial charge >= 0.3 is 12.3 Å². The van der Waals surface area contributed by atoms with Gasteiger partial charge in [0.15, 0.2) is 0 Å². The summed E-state index contributed by atoms with van der Waals surface area (Å²) >= 11 is 0. The van der Waals surface area contributed by atoms with Crippen LogP contribution in [0.3, 0.4) is 0 Å². The lowest BCUT2D eigenvalue weighted by Gasteiger charge is -2.19. The average molecular weight is 282 g/mol. The Kier molecular flexibility index (Phi) is 5.34. The van der Waals surface area contributed by atoms with Crippen molar-refractivity contribution in [3.63, 3.8) is 0 Å².